The predicted octanol–water partition coefficient (Wildman–Crippen LogP) is 3.68. The van der Waals surface area contributed by atoms with Gasteiger partial charge in [-0.25, -0.2) is 4.79 Å². The fourth-order valence-electron chi connectivity index (χ4n) is 4.50. The molecule has 0 aromatic heterocycles. The molecule has 8 heteroatoms. The van der Waals surface area contributed by atoms with Crippen LogP contribution < -0.4 is 5.32 Å². The zero-order valence-electron chi connectivity index (χ0n) is 17.6. The van der Waals surface area contributed by atoms with E-state index >= 15 is 0 Å². The number of likely N-dealkylation sites (tertiary alicyclic amines) is 1. The van der Waals surface area contributed by atoms with Crippen molar-refractivity contribution in [2.24, 2.45) is 11.8 Å². The van der Waals surface area contributed by atoms with Crippen LogP contribution in [0.1, 0.15) is 58.8 Å². The molecule has 0 aromatic rings. The van der Waals surface area contributed by atoms with Crippen molar-refractivity contribution in [3.05, 3.63) is 0 Å². The van der Waals surface area contributed by atoms with Gasteiger partial charge in [0.1, 0.15) is 12.3 Å². The molecule has 164 valence electrons. The van der Waals surface area contributed by atoms with E-state index in [9.17, 15) is 14.4 Å². The van der Waals surface area contributed by atoms with Crippen LogP contribution in [0.15, 0.2) is 0 Å². The van der Waals surface area contributed by atoms with Gasteiger partial charge in [-0.2, -0.15) is 0 Å². The van der Waals surface area contributed by atoms with Gasteiger partial charge in [0.2, 0.25) is 5.91 Å². The van der Waals surface area contributed by atoms with E-state index in [4.69, 9.17) is 4.74 Å². The lowest BCUT2D eigenvalue weighted by atomic mass is 9.83. The minimum atomic E-state index is -0.605. The molecule has 1 saturated carbocycles. The summed E-state index contributed by atoms with van der Waals surface area (Å²) < 4.78 is 5.23. The maximum Gasteiger partial charge on any atom is 0.407 e. The molecule has 1 spiro atoms. The summed E-state index contributed by atoms with van der Waals surface area (Å²) in [6.45, 7) is 4.87. The van der Waals surface area contributed by atoms with Crippen molar-refractivity contribution in [3.8, 4) is 0 Å². The van der Waals surface area contributed by atoms with E-state index in [0.29, 0.717) is 19.6 Å². The van der Waals surface area contributed by atoms with Gasteiger partial charge < -0.3 is 19.7 Å². The first kappa shape index (κ1) is 22.8. The highest BCUT2D eigenvalue weighted by Gasteiger charge is 2.49. The van der Waals surface area contributed by atoms with Crippen LogP contribution in [0, 0.1) is 11.8 Å². The van der Waals surface area contributed by atoms with Gasteiger partial charge in [0.25, 0.3) is 0 Å². The number of ether oxygens (including phenoxy) is 1. The zero-order valence-corrected chi connectivity index (χ0v) is 19.2. The number of carbonyl (C=O) groups excluding carboxylic acids is 3. The van der Waals surface area contributed by atoms with Crippen molar-refractivity contribution in [1.82, 2.24) is 10.2 Å². The molecule has 1 aliphatic carbocycles. The molecule has 0 bridgehead atoms. The molecule has 2 heterocycles. The fraction of sp³-hybridized carbons (Fsp3) is 0.857. The molecule has 2 aliphatic heterocycles. The molecule has 6 nitrogen and oxygen atoms in total. The smallest absolute Gasteiger partial charge is 0.407 e. The maximum absolute atomic E-state index is 13.6. The Bertz CT molecular complexity index is 589. The second kappa shape index (κ2) is 10.4. The van der Waals surface area contributed by atoms with Gasteiger partial charge in [0, 0.05) is 13.0 Å². The highest BCUT2D eigenvalue weighted by molar-refractivity contribution is 8.18. The minimum Gasteiger partial charge on any atom is -0.449 e. The van der Waals surface area contributed by atoms with Gasteiger partial charge in [0.05, 0.1) is 16.7 Å². The largest absolute Gasteiger partial charge is 0.449 e. The van der Waals surface area contributed by atoms with Gasteiger partial charge in [0.15, 0.2) is 0 Å². The molecule has 1 unspecified atom stereocenters. The third-order valence-electron chi connectivity index (χ3n) is 6.00. The Morgan fingerprint density at radius 1 is 1.17 bits per heavy atom. The first-order chi connectivity index (χ1) is 13.9. The predicted molar refractivity (Wildman–Crippen MR) is 118 cm³/mol. The summed E-state index contributed by atoms with van der Waals surface area (Å²) in [6.07, 6.45) is 7.43. The zero-order chi connectivity index (χ0) is 20.9. The van der Waals surface area contributed by atoms with E-state index in [1.54, 1.807) is 4.90 Å². The van der Waals surface area contributed by atoms with Gasteiger partial charge in [-0.15, -0.1) is 23.5 Å². The van der Waals surface area contributed by atoms with Crippen molar-refractivity contribution in [1.29, 1.82) is 0 Å². The average Bonchev–Trinajstić information content (AvgIpc) is 3.09. The number of carbonyl (C=O) groups is 3. The van der Waals surface area contributed by atoms with Crippen LogP contribution in [-0.2, 0) is 14.3 Å². The first-order valence-electron chi connectivity index (χ1n) is 10.9. The SMILES string of the molecule is CC(C)COC(=O)NC(C(=O)N1CC2(C[C@H]1C=O)SCCCS2)C1CCCCC1. The van der Waals surface area contributed by atoms with E-state index in [1.807, 2.05) is 37.4 Å². The lowest BCUT2D eigenvalue weighted by molar-refractivity contribution is -0.138. The van der Waals surface area contributed by atoms with Crippen LogP contribution in [0.4, 0.5) is 4.79 Å². The number of rotatable bonds is 6. The lowest BCUT2D eigenvalue weighted by Crippen LogP contribution is -2.54. The van der Waals surface area contributed by atoms with E-state index in [0.717, 1.165) is 43.5 Å². The van der Waals surface area contributed by atoms with Crippen LogP contribution in [-0.4, -0.2) is 64.0 Å². The Hall–Kier alpha value is -0.890. The summed E-state index contributed by atoms with van der Waals surface area (Å²) in [7, 11) is 0. The number of amides is 2. The summed E-state index contributed by atoms with van der Waals surface area (Å²) in [4.78, 5) is 39.5. The highest BCUT2D eigenvalue weighted by atomic mass is 32.2. The van der Waals surface area contributed by atoms with Gasteiger partial charge in [-0.05, 0) is 42.6 Å². The first-order valence-corrected chi connectivity index (χ1v) is 12.9. The summed E-state index contributed by atoms with van der Waals surface area (Å²) in [5.74, 6) is 2.39. The molecule has 3 aliphatic rings. The van der Waals surface area contributed by atoms with Crippen LogP contribution in [0.3, 0.4) is 0 Å². The van der Waals surface area contributed by atoms with E-state index in [-0.39, 0.29) is 21.8 Å². The minimum absolute atomic E-state index is 0.0746. The Morgan fingerprint density at radius 2 is 1.86 bits per heavy atom. The van der Waals surface area contributed by atoms with E-state index in [1.165, 1.54) is 12.8 Å². The van der Waals surface area contributed by atoms with Crippen molar-refractivity contribution in [2.75, 3.05) is 24.7 Å². The normalized spacial score (nSPS) is 25.8. The van der Waals surface area contributed by atoms with Crippen LogP contribution in [0.25, 0.3) is 0 Å². The lowest BCUT2D eigenvalue weighted by Gasteiger charge is -2.35. The maximum atomic E-state index is 13.6. The molecule has 0 radical (unpaired) electrons. The standard InChI is InChI=1S/C21H34N2O4S2/c1-15(2)13-27-20(26)22-18(16-7-4-3-5-8-16)19(25)23-14-21(11-17(23)12-24)28-9-6-10-29-21/h12,15-18H,3-11,13-14H2,1-2H3,(H,22,26)/t17-,18?/m0/s1. The van der Waals surface area contributed by atoms with Crippen LogP contribution in [0.5, 0.6) is 0 Å². The summed E-state index contributed by atoms with van der Waals surface area (Å²) in [5, 5.41) is 2.87. The van der Waals surface area contributed by atoms with Crippen LogP contribution >= 0.6 is 23.5 Å². The van der Waals surface area contributed by atoms with Crippen molar-refractivity contribution < 1.29 is 19.1 Å². The second-order valence-corrected chi connectivity index (χ2v) is 12.1. The monoisotopic (exact) mass is 442 g/mol. The quantitative estimate of drug-likeness (QED) is 0.633. The molecule has 1 N–H and O–H groups in total. The summed E-state index contributed by atoms with van der Waals surface area (Å²) >= 11 is 3.77. The van der Waals surface area contributed by atoms with E-state index in [2.05, 4.69) is 5.32 Å². The number of aldehydes is 1. The number of hydrogen-bond donors (Lipinski definition) is 1. The number of nitrogens with one attached hydrogen (secondary N) is 1. The molecule has 2 saturated heterocycles. The summed E-state index contributed by atoms with van der Waals surface area (Å²) in [5.41, 5.74) is 0. The highest BCUT2D eigenvalue weighted by Crippen LogP contribution is 2.50. The third-order valence-corrected chi connectivity index (χ3v) is 9.34. The average molecular weight is 443 g/mol. The fourth-order valence-corrected chi connectivity index (χ4v) is 7.87. The van der Waals surface area contributed by atoms with Gasteiger partial charge in [-0.3, -0.25) is 4.79 Å². The Balaban J connectivity index is 1.73. The van der Waals surface area contributed by atoms with Gasteiger partial charge >= 0.3 is 6.09 Å². The third kappa shape index (κ3) is 5.84. The van der Waals surface area contributed by atoms with E-state index < -0.39 is 18.2 Å². The molecule has 2 atom stereocenters. The number of nitrogens with zero attached hydrogens (tertiary/aromatic N) is 1. The molecule has 3 rings (SSSR count). The van der Waals surface area contributed by atoms with Crippen molar-refractivity contribution in [2.45, 2.75) is 75.0 Å². The molecular weight excluding hydrogens is 408 g/mol. The second-order valence-electron chi connectivity index (χ2n) is 8.85. The number of thioether (sulfide) groups is 2. The molecular formula is C21H34N2O4S2. The molecule has 3 fully saturated rings. The van der Waals surface area contributed by atoms with Crippen LogP contribution in [0.2, 0.25) is 0 Å². The molecule has 2 amide bonds. The molecule has 0 aromatic carbocycles. The van der Waals surface area contributed by atoms with Crippen molar-refractivity contribution >= 4 is 41.8 Å². The Kier molecular flexibility index (Phi) is 8.19. The Labute approximate surface area is 182 Å². The number of hydrogen-bond acceptors (Lipinski definition) is 6. The van der Waals surface area contributed by atoms with Gasteiger partial charge in [-0.1, -0.05) is 33.1 Å². The molecule has 29 heavy (non-hydrogen) atoms. The topological polar surface area (TPSA) is 75.7 Å². The number of alkyl carbamates (subject to hydrolysis) is 1. The summed E-state index contributed by atoms with van der Waals surface area (Å²) in [6, 6.07) is -1.01. The Morgan fingerprint density at radius 3 is 2.48 bits per heavy atom. The van der Waals surface area contributed by atoms with Crippen molar-refractivity contribution in [3.63, 3.8) is 0 Å².